The molecule has 142 valence electrons. The Balaban J connectivity index is 1.89. The van der Waals surface area contributed by atoms with Gasteiger partial charge in [-0.2, -0.15) is 0 Å². The van der Waals surface area contributed by atoms with Crippen LogP contribution in [0.5, 0.6) is 0 Å². The molecule has 1 N–H and O–H groups in total. The molecule has 0 saturated heterocycles. The van der Waals surface area contributed by atoms with Gasteiger partial charge in [-0.05, 0) is 42.8 Å². The normalized spacial score (nSPS) is 11.6. The summed E-state index contributed by atoms with van der Waals surface area (Å²) in [5.41, 5.74) is 1.63. The molecule has 0 spiro atoms. The summed E-state index contributed by atoms with van der Waals surface area (Å²) >= 11 is 0. The van der Waals surface area contributed by atoms with Crippen molar-refractivity contribution in [3.63, 3.8) is 0 Å². The lowest BCUT2D eigenvalue weighted by Gasteiger charge is -2.18. The molecule has 28 heavy (non-hydrogen) atoms. The summed E-state index contributed by atoms with van der Waals surface area (Å²) in [6.07, 6.45) is 1.39. The predicted octanol–water partition coefficient (Wildman–Crippen LogP) is 3.04. The second-order valence-electron chi connectivity index (χ2n) is 6.42. The fraction of sp³-hybridized carbons (Fsp3) is 0.136. The van der Waals surface area contributed by atoms with Crippen LogP contribution in [0.15, 0.2) is 77.7 Å². The summed E-state index contributed by atoms with van der Waals surface area (Å²) in [4.78, 5) is 38.1. The first-order valence-corrected chi connectivity index (χ1v) is 8.76. The summed E-state index contributed by atoms with van der Waals surface area (Å²) in [5, 5.41) is 2.71. The van der Waals surface area contributed by atoms with Gasteiger partial charge in [0.1, 0.15) is 5.82 Å². The molecule has 1 unspecified atom stereocenters. The molecule has 0 bridgehead atoms. The van der Waals surface area contributed by atoms with Crippen LogP contribution in [0.2, 0.25) is 0 Å². The van der Waals surface area contributed by atoms with Crippen molar-refractivity contribution in [1.82, 2.24) is 9.88 Å². The van der Waals surface area contributed by atoms with Crippen molar-refractivity contribution in [3.05, 3.63) is 106 Å². The lowest BCUT2D eigenvalue weighted by molar-refractivity contribution is -0.123. The van der Waals surface area contributed by atoms with Crippen LogP contribution >= 0.6 is 0 Å². The molecular formula is C22H19FN2O3. The number of nitrogens with zero attached hydrogens (tertiary/aromatic N) is 1. The van der Waals surface area contributed by atoms with Crippen molar-refractivity contribution in [2.24, 2.45) is 0 Å². The molecule has 5 nitrogen and oxygen atoms in total. The molecule has 1 amide bonds. The first-order valence-electron chi connectivity index (χ1n) is 8.76. The van der Waals surface area contributed by atoms with E-state index in [2.05, 4.69) is 5.32 Å². The minimum atomic E-state index is -1.38. The van der Waals surface area contributed by atoms with Crippen molar-refractivity contribution in [3.8, 4) is 0 Å². The molecule has 1 aromatic heterocycles. The van der Waals surface area contributed by atoms with E-state index in [0.29, 0.717) is 0 Å². The fourth-order valence-corrected chi connectivity index (χ4v) is 2.79. The average molecular weight is 378 g/mol. The maximum absolute atomic E-state index is 13.2. The number of aromatic nitrogens is 1. The van der Waals surface area contributed by atoms with Crippen LogP contribution < -0.4 is 10.9 Å². The van der Waals surface area contributed by atoms with Crippen molar-refractivity contribution >= 4 is 11.7 Å². The number of Topliss-reactive ketones (excluding diaryl/α,β-unsaturated/α-hetero) is 1. The predicted molar refractivity (Wildman–Crippen MR) is 103 cm³/mol. The number of aryl methyl sites for hydroxylation is 1. The van der Waals surface area contributed by atoms with Gasteiger partial charge in [0.2, 0.25) is 0 Å². The highest BCUT2D eigenvalue weighted by Gasteiger charge is 2.29. The topological polar surface area (TPSA) is 68.2 Å². The van der Waals surface area contributed by atoms with Gasteiger partial charge in [0, 0.05) is 24.4 Å². The maximum atomic E-state index is 13.2. The van der Waals surface area contributed by atoms with Crippen molar-refractivity contribution < 1.29 is 14.0 Å². The van der Waals surface area contributed by atoms with Crippen LogP contribution in [0.1, 0.15) is 27.5 Å². The summed E-state index contributed by atoms with van der Waals surface area (Å²) in [6, 6.07) is 15.5. The minimum absolute atomic E-state index is 0.146. The second kappa shape index (κ2) is 8.43. The Morgan fingerprint density at radius 2 is 1.68 bits per heavy atom. The molecule has 3 aromatic rings. The van der Waals surface area contributed by atoms with Gasteiger partial charge in [0.15, 0.2) is 11.8 Å². The number of rotatable bonds is 6. The SMILES string of the molecule is Cc1ccc(CNC(=O)C(C(=O)c2ccc(F)cc2)n2ccccc2=O)cc1. The number of halogens is 1. The molecule has 2 aromatic carbocycles. The Kier molecular flexibility index (Phi) is 5.79. The number of hydrogen-bond acceptors (Lipinski definition) is 3. The van der Waals surface area contributed by atoms with E-state index in [9.17, 15) is 18.8 Å². The third-order valence-electron chi connectivity index (χ3n) is 4.34. The molecular weight excluding hydrogens is 359 g/mol. The van der Waals surface area contributed by atoms with Crippen LogP contribution in [0.25, 0.3) is 0 Å². The number of carbonyl (C=O) groups is 2. The molecule has 0 saturated carbocycles. The molecule has 1 heterocycles. The van der Waals surface area contributed by atoms with Gasteiger partial charge in [-0.1, -0.05) is 35.9 Å². The monoisotopic (exact) mass is 378 g/mol. The highest BCUT2D eigenvalue weighted by atomic mass is 19.1. The molecule has 0 fully saturated rings. The van der Waals surface area contributed by atoms with Crippen molar-refractivity contribution in [2.75, 3.05) is 0 Å². The van der Waals surface area contributed by atoms with Crippen LogP contribution in [-0.4, -0.2) is 16.3 Å². The summed E-state index contributed by atoms with van der Waals surface area (Å²) in [7, 11) is 0. The van der Waals surface area contributed by atoms with E-state index in [1.165, 1.54) is 30.5 Å². The van der Waals surface area contributed by atoms with E-state index >= 15 is 0 Å². The average Bonchev–Trinajstić information content (AvgIpc) is 2.69. The van der Waals surface area contributed by atoms with Gasteiger partial charge in [-0.25, -0.2) is 4.39 Å². The van der Waals surface area contributed by atoms with E-state index in [1.807, 2.05) is 31.2 Å². The largest absolute Gasteiger partial charge is 0.350 e. The fourth-order valence-electron chi connectivity index (χ4n) is 2.79. The Labute approximate surface area is 161 Å². The van der Waals surface area contributed by atoms with E-state index < -0.39 is 29.1 Å². The van der Waals surface area contributed by atoms with Crippen LogP contribution in [-0.2, 0) is 11.3 Å². The Morgan fingerprint density at radius 3 is 2.32 bits per heavy atom. The summed E-state index contributed by atoms with van der Waals surface area (Å²) in [5.74, 6) is -1.69. The minimum Gasteiger partial charge on any atom is -0.350 e. The smallest absolute Gasteiger partial charge is 0.251 e. The molecule has 0 aliphatic rings. The standard InChI is InChI=1S/C22H19FN2O3/c1-15-5-7-16(8-6-15)14-24-22(28)20(25-13-3-2-4-19(25)26)21(27)17-9-11-18(23)12-10-17/h2-13,20H,14H2,1H3,(H,24,28). The molecule has 3 rings (SSSR count). The first-order chi connectivity index (χ1) is 13.5. The van der Waals surface area contributed by atoms with Crippen LogP contribution in [0.4, 0.5) is 4.39 Å². The highest BCUT2D eigenvalue weighted by Crippen LogP contribution is 2.15. The number of ketones is 1. The molecule has 6 heteroatoms. The van der Waals surface area contributed by atoms with E-state index in [0.717, 1.165) is 27.8 Å². The Hall–Kier alpha value is -3.54. The van der Waals surface area contributed by atoms with Gasteiger partial charge >= 0.3 is 0 Å². The highest BCUT2D eigenvalue weighted by molar-refractivity contribution is 6.11. The Bertz CT molecular complexity index is 1040. The summed E-state index contributed by atoms with van der Waals surface area (Å²) in [6.45, 7) is 2.18. The third kappa shape index (κ3) is 4.40. The van der Waals surface area contributed by atoms with E-state index in [4.69, 9.17) is 0 Å². The quantitative estimate of drug-likeness (QED) is 0.530. The van der Waals surface area contributed by atoms with Gasteiger partial charge in [-0.15, -0.1) is 0 Å². The molecule has 0 aliphatic carbocycles. The molecule has 0 aliphatic heterocycles. The lowest BCUT2D eigenvalue weighted by Crippen LogP contribution is -2.41. The third-order valence-corrected chi connectivity index (χ3v) is 4.34. The van der Waals surface area contributed by atoms with Crippen molar-refractivity contribution in [2.45, 2.75) is 19.5 Å². The zero-order valence-electron chi connectivity index (χ0n) is 15.3. The van der Waals surface area contributed by atoms with E-state index in [1.54, 1.807) is 6.07 Å². The maximum Gasteiger partial charge on any atom is 0.251 e. The number of carbonyl (C=O) groups excluding carboxylic acids is 2. The Morgan fingerprint density at radius 1 is 1.00 bits per heavy atom. The lowest BCUT2D eigenvalue weighted by atomic mass is 10.0. The number of nitrogens with one attached hydrogen (secondary N) is 1. The number of hydrogen-bond donors (Lipinski definition) is 1. The number of benzene rings is 2. The van der Waals surface area contributed by atoms with Gasteiger partial charge < -0.3 is 5.32 Å². The zero-order valence-corrected chi connectivity index (χ0v) is 15.3. The summed E-state index contributed by atoms with van der Waals surface area (Å²) < 4.78 is 14.3. The zero-order chi connectivity index (χ0) is 20.1. The van der Waals surface area contributed by atoms with E-state index in [-0.39, 0.29) is 12.1 Å². The number of amides is 1. The van der Waals surface area contributed by atoms with Gasteiger partial charge in [0.25, 0.3) is 11.5 Å². The van der Waals surface area contributed by atoms with Crippen LogP contribution in [0, 0.1) is 12.7 Å². The van der Waals surface area contributed by atoms with Crippen LogP contribution in [0.3, 0.4) is 0 Å². The molecule has 0 radical (unpaired) electrons. The molecule has 1 atom stereocenters. The van der Waals surface area contributed by atoms with Gasteiger partial charge in [-0.3, -0.25) is 19.0 Å². The van der Waals surface area contributed by atoms with Gasteiger partial charge in [0.05, 0.1) is 0 Å². The number of pyridine rings is 1. The van der Waals surface area contributed by atoms with Crippen molar-refractivity contribution in [1.29, 1.82) is 0 Å². The first kappa shape index (κ1) is 19.2. The second-order valence-corrected chi connectivity index (χ2v) is 6.42.